The number of nitrogens with one attached hydrogen (secondary N) is 2. The first-order chi connectivity index (χ1) is 14.3. The van der Waals surface area contributed by atoms with E-state index in [-0.39, 0.29) is 24.0 Å². The van der Waals surface area contributed by atoms with E-state index in [1.807, 2.05) is 18.8 Å². The molecular weight excluding hydrogens is 525 g/mol. The van der Waals surface area contributed by atoms with Gasteiger partial charge in [0, 0.05) is 42.7 Å². The molecule has 0 aliphatic carbocycles. The van der Waals surface area contributed by atoms with E-state index in [2.05, 4.69) is 63.2 Å². The topological polar surface area (TPSA) is 52.6 Å². The number of benzene rings is 1. The minimum atomic E-state index is 0. The van der Waals surface area contributed by atoms with Crippen LogP contribution >= 0.6 is 47.1 Å². The van der Waals surface area contributed by atoms with Gasteiger partial charge in [0.15, 0.2) is 5.96 Å². The number of thioether (sulfide) groups is 1. The highest BCUT2D eigenvalue weighted by molar-refractivity contribution is 14.0. The summed E-state index contributed by atoms with van der Waals surface area (Å²) in [6, 6.07) is 10.5. The summed E-state index contributed by atoms with van der Waals surface area (Å²) in [6.07, 6.45) is 3.51. The van der Waals surface area contributed by atoms with Crippen molar-refractivity contribution in [3.63, 3.8) is 0 Å². The van der Waals surface area contributed by atoms with Crippen molar-refractivity contribution in [1.29, 1.82) is 0 Å². The Morgan fingerprint density at radius 2 is 2.00 bits per heavy atom. The molecule has 1 aliphatic heterocycles. The lowest BCUT2D eigenvalue weighted by atomic mass is 9.97. The fourth-order valence-corrected chi connectivity index (χ4v) is 5.00. The number of piperidine rings is 1. The number of halogens is 1. The second kappa shape index (κ2) is 14.3. The quantitative estimate of drug-likeness (QED) is 0.156. The van der Waals surface area contributed by atoms with E-state index in [9.17, 15) is 0 Å². The maximum Gasteiger partial charge on any atom is 0.191 e. The molecule has 3 rings (SSSR count). The van der Waals surface area contributed by atoms with Gasteiger partial charge in [-0.05, 0) is 50.4 Å². The average molecular weight is 560 g/mol. The molecule has 30 heavy (non-hydrogen) atoms. The van der Waals surface area contributed by atoms with Crippen LogP contribution in [0.15, 0.2) is 45.6 Å². The van der Waals surface area contributed by atoms with Gasteiger partial charge in [0.05, 0.1) is 10.7 Å². The van der Waals surface area contributed by atoms with Gasteiger partial charge in [-0.15, -0.1) is 47.1 Å². The summed E-state index contributed by atoms with van der Waals surface area (Å²) >= 11 is 3.66. The number of aromatic nitrogens is 1. The number of hydrogen-bond donors (Lipinski definition) is 2. The van der Waals surface area contributed by atoms with Gasteiger partial charge >= 0.3 is 0 Å². The van der Waals surface area contributed by atoms with Crippen LogP contribution in [0.25, 0.3) is 0 Å². The third-order valence-corrected chi connectivity index (χ3v) is 7.24. The molecule has 1 saturated heterocycles. The molecule has 2 aromatic rings. The smallest absolute Gasteiger partial charge is 0.191 e. The fourth-order valence-electron chi connectivity index (χ4n) is 3.48. The molecule has 0 unspecified atom stereocenters. The van der Waals surface area contributed by atoms with Crippen molar-refractivity contribution in [2.24, 2.45) is 10.9 Å². The van der Waals surface area contributed by atoms with E-state index < -0.39 is 0 Å². The molecule has 1 aliphatic rings. The zero-order valence-electron chi connectivity index (χ0n) is 18.0. The molecule has 5 nitrogen and oxygen atoms in total. The van der Waals surface area contributed by atoms with E-state index in [1.165, 1.54) is 28.4 Å². The Hall–Kier alpha value is -0.840. The van der Waals surface area contributed by atoms with Crippen LogP contribution in [0.5, 0.6) is 0 Å². The molecule has 2 N–H and O–H groups in total. The molecule has 0 atom stereocenters. The molecule has 0 bridgehead atoms. The van der Waals surface area contributed by atoms with Crippen LogP contribution in [0.3, 0.4) is 0 Å². The summed E-state index contributed by atoms with van der Waals surface area (Å²) < 4.78 is 0. The summed E-state index contributed by atoms with van der Waals surface area (Å²) in [7, 11) is 1.85. The highest BCUT2D eigenvalue weighted by atomic mass is 127. The van der Waals surface area contributed by atoms with Crippen molar-refractivity contribution in [2.75, 3.05) is 39.0 Å². The van der Waals surface area contributed by atoms with Crippen LogP contribution in [0.1, 0.15) is 30.5 Å². The zero-order valence-corrected chi connectivity index (χ0v) is 21.9. The van der Waals surface area contributed by atoms with Crippen molar-refractivity contribution in [3.8, 4) is 0 Å². The van der Waals surface area contributed by atoms with Crippen molar-refractivity contribution in [2.45, 2.75) is 37.6 Å². The van der Waals surface area contributed by atoms with Crippen molar-refractivity contribution in [1.82, 2.24) is 20.5 Å². The van der Waals surface area contributed by atoms with Gasteiger partial charge in [-0.2, -0.15) is 0 Å². The standard InChI is InChI=1S/C22H33N5S2.HI/c1-3-21-26-19(17-29-21)16-27-12-9-18(10-13-27)15-25-22(23-2)24-11-14-28-20-7-5-4-6-8-20;/h4-8,17-18H,3,9-16H2,1-2H3,(H2,23,24,25);1H. The molecule has 0 radical (unpaired) electrons. The van der Waals surface area contributed by atoms with E-state index >= 15 is 0 Å². The molecule has 1 aromatic carbocycles. The van der Waals surface area contributed by atoms with Gasteiger partial charge in [-0.1, -0.05) is 25.1 Å². The number of thiazole rings is 1. The Balaban J connectivity index is 0.00000320. The predicted octanol–water partition coefficient (Wildman–Crippen LogP) is 4.49. The van der Waals surface area contributed by atoms with Gasteiger partial charge in [0.25, 0.3) is 0 Å². The Morgan fingerprint density at radius 3 is 2.67 bits per heavy atom. The van der Waals surface area contributed by atoms with Crippen molar-refractivity contribution >= 4 is 53.0 Å². The number of aryl methyl sites for hydroxylation is 1. The second-order valence-electron chi connectivity index (χ2n) is 7.35. The monoisotopic (exact) mass is 559 g/mol. The number of hydrogen-bond acceptors (Lipinski definition) is 5. The SMILES string of the molecule is CCc1nc(CN2CCC(CNC(=NC)NCCSc3ccccc3)CC2)cs1.I. The lowest BCUT2D eigenvalue weighted by Gasteiger charge is -2.31. The Kier molecular flexibility index (Phi) is 12.1. The normalized spacial score (nSPS) is 15.6. The van der Waals surface area contributed by atoms with E-state index in [4.69, 9.17) is 4.98 Å². The second-order valence-corrected chi connectivity index (χ2v) is 9.46. The molecule has 0 amide bonds. The lowest BCUT2D eigenvalue weighted by Crippen LogP contribution is -2.43. The summed E-state index contributed by atoms with van der Waals surface area (Å²) in [5.74, 6) is 2.65. The van der Waals surface area contributed by atoms with Gasteiger partial charge in [0.2, 0.25) is 0 Å². The predicted molar refractivity (Wildman–Crippen MR) is 141 cm³/mol. The van der Waals surface area contributed by atoms with E-state index in [0.29, 0.717) is 5.92 Å². The number of guanidine groups is 1. The molecule has 8 heteroatoms. The van der Waals surface area contributed by atoms with Crippen LogP contribution in [-0.2, 0) is 13.0 Å². The molecule has 2 heterocycles. The number of rotatable bonds is 9. The maximum atomic E-state index is 4.71. The first-order valence-electron chi connectivity index (χ1n) is 10.5. The maximum absolute atomic E-state index is 4.71. The molecule has 0 saturated carbocycles. The minimum absolute atomic E-state index is 0. The van der Waals surface area contributed by atoms with Gasteiger partial charge in [-0.25, -0.2) is 4.98 Å². The van der Waals surface area contributed by atoms with E-state index in [0.717, 1.165) is 50.9 Å². The van der Waals surface area contributed by atoms with Crippen LogP contribution < -0.4 is 10.6 Å². The summed E-state index contributed by atoms with van der Waals surface area (Å²) in [5.41, 5.74) is 1.24. The zero-order chi connectivity index (χ0) is 20.3. The number of nitrogens with zero attached hydrogens (tertiary/aromatic N) is 3. The first kappa shape index (κ1) is 25.4. The lowest BCUT2D eigenvalue weighted by molar-refractivity contribution is 0.176. The highest BCUT2D eigenvalue weighted by Crippen LogP contribution is 2.20. The van der Waals surface area contributed by atoms with Gasteiger partial charge in [-0.3, -0.25) is 9.89 Å². The van der Waals surface area contributed by atoms with Crippen LogP contribution in [-0.4, -0.2) is 54.8 Å². The molecular formula is C22H34IN5S2. The largest absolute Gasteiger partial charge is 0.356 e. The molecule has 0 spiro atoms. The Bertz CT molecular complexity index is 745. The van der Waals surface area contributed by atoms with Crippen LogP contribution in [0, 0.1) is 5.92 Å². The number of aliphatic imine (C=N–C) groups is 1. The summed E-state index contributed by atoms with van der Waals surface area (Å²) in [6.45, 7) is 7.39. The number of likely N-dealkylation sites (tertiary alicyclic amines) is 1. The summed E-state index contributed by atoms with van der Waals surface area (Å²) in [5, 5.41) is 10.4. The minimum Gasteiger partial charge on any atom is -0.356 e. The van der Waals surface area contributed by atoms with Gasteiger partial charge < -0.3 is 10.6 Å². The molecule has 1 fully saturated rings. The molecule has 1 aromatic heterocycles. The van der Waals surface area contributed by atoms with Gasteiger partial charge in [0.1, 0.15) is 0 Å². The van der Waals surface area contributed by atoms with Crippen molar-refractivity contribution < 1.29 is 0 Å². The average Bonchev–Trinajstić information content (AvgIpc) is 3.22. The van der Waals surface area contributed by atoms with Crippen LogP contribution in [0.2, 0.25) is 0 Å². The highest BCUT2D eigenvalue weighted by Gasteiger charge is 2.20. The Labute approximate surface area is 206 Å². The third kappa shape index (κ3) is 8.72. The first-order valence-corrected chi connectivity index (χ1v) is 12.4. The van der Waals surface area contributed by atoms with Crippen molar-refractivity contribution in [3.05, 3.63) is 46.4 Å². The van der Waals surface area contributed by atoms with Crippen LogP contribution in [0.4, 0.5) is 0 Å². The fraction of sp³-hybridized carbons (Fsp3) is 0.545. The van der Waals surface area contributed by atoms with E-state index in [1.54, 1.807) is 11.3 Å². The molecule has 166 valence electrons. The Morgan fingerprint density at radius 1 is 1.23 bits per heavy atom. The third-order valence-electron chi connectivity index (χ3n) is 5.18. The summed E-state index contributed by atoms with van der Waals surface area (Å²) in [4.78, 5) is 12.9.